The van der Waals surface area contributed by atoms with E-state index in [9.17, 15) is 24.0 Å². The van der Waals surface area contributed by atoms with E-state index < -0.39 is 47.8 Å². The highest BCUT2D eigenvalue weighted by Crippen LogP contribution is 2.20. The number of benzene rings is 3. The molecule has 272 valence electrons. The first-order valence-electron chi connectivity index (χ1n) is 17.2. The van der Waals surface area contributed by atoms with Crippen LogP contribution in [0.4, 0.5) is 0 Å². The van der Waals surface area contributed by atoms with E-state index >= 15 is 0 Å². The van der Waals surface area contributed by atoms with Crippen molar-refractivity contribution in [2.24, 2.45) is 5.73 Å². The molecular formula is C41H48N6O5. The maximum Gasteiger partial charge on any atom is 0.246 e. The van der Waals surface area contributed by atoms with Crippen molar-refractivity contribution in [1.82, 2.24) is 24.6 Å². The number of pyridine rings is 1. The molecule has 5 amide bonds. The Bertz CT molecular complexity index is 1790. The molecule has 4 aromatic rings. The molecular weight excluding hydrogens is 656 g/mol. The van der Waals surface area contributed by atoms with Crippen LogP contribution >= 0.6 is 0 Å². The number of amides is 5. The smallest absolute Gasteiger partial charge is 0.246 e. The van der Waals surface area contributed by atoms with Crippen molar-refractivity contribution < 1.29 is 24.0 Å². The normalized spacial score (nSPS) is 13.2. The van der Waals surface area contributed by atoms with E-state index in [4.69, 9.17) is 5.73 Å². The number of hydrogen-bond acceptors (Lipinski definition) is 6. The van der Waals surface area contributed by atoms with Crippen LogP contribution in [0.5, 0.6) is 0 Å². The Morgan fingerprint density at radius 2 is 0.827 bits per heavy atom. The van der Waals surface area contributed by atoms with E-state index in [1.165, 1.54) is 33.6 Å². The van der Waals surface area contributed by atoms with Crippen molar-refractivity contribution in [3.63, 3.8) is 0 Å². The lowest BCUT2D eigenvalue weighted by Gasteiger charge is -2.38. The van der Waals surface area contributed by atoms with Crippen LogP contribution in [0.15, 0.2) is 116 Å². The summed E-state index contributed by atoms with van der Waals surface area (Å²) >= 11 is 0. The molecule has 11 nitrogen and oxygen atoms in total. The van der Waals surface area contributed by atoms with E-state index in [2.05, 4.69) is 4.98 Å². The van der Waals surface area contributed by atoms with Gasteiger partial charge in [-0.25, -0.2) is 0 Å². The van der Waals surface area contributed by atoms with Crippen LogP contribution in [0.2, 0.25) is 0 Å². The van der Waals surface area contributed by atoms with Gasteiger partial charge in [-0.1, -0.05) is 97.1 Å². The van der Waals surface area contributed by atoms with Gasteiger partial charge in [0.1, 0.15) is 24.2 Å². The highest BCUT2D eigenvalue weighted by atomic mass is 16.2. The van der Waals surface area contributed by atoms with Gasteiger partial charge in [0, 0.05) is 73.2 Å². The third-order valence-electron chi connectivity index (χ3n) is 9.56. The average Bonchev–Trinajstić information content (AvgIpc) is 3.16. The van der Waals surface area contributed by atoms with Crippen molar-refractivity contribution in [2.75, 3.05) is 28.2 Å². The summed E-state index contributed by atoms with van der Waals surface area (Å²) in [5.41, 5.74) is 9.04. The molecule has 0 aliphatic heterocycles. The zero-order valence-electron chi connectivity index (χ0n) is 30.5. The highest BCUT2D eigenvalue weighted by Gasteiger charge is 2.40. The number of likely N-dealkylation sites (N-methyl/N-ethyl adjacent to an activating group) is 4. The summed E-state index contributed by atoms with van der Waals surface area (Å²) in [4.78, 5) is 78.7. The molecule has 52 heavy (non-hydrogen) atoms. The second-order valence-electron chi connectivity index (χ2n) is 13.1. The Balaban J connectivity index is 1.72. The van der Waals surface area contributed by atoms with Crippen molar-refractivity contribution >= 4 is 29.5 Å². The maximum absolute atomic E-state index is 14.8. The van der Waals surface area contributed by atoms with Crippen molar-refractivity contribution in [3.05, 3.63) is 138 Å². The van der Waals surface area contributed by atoms with E-state index in [0.29, 0.717) is 0 Å². The zero-order chi connectivity index (χ0) is 37.8. The molecule has 0 aliphatic rings. The van der Waals surface area contributed by atoms with Crippen molar-refractivity contribution in [3.8, 4) is 0 Å². The van der Waals surface area contributed by atoms with E-state index in [0.717, 1.165) is 22.3 Å². The summed E-state index contributed by atoms with van der Waals surface area (Å²) in [6.45, 7) is 1.39. The molecule has 0 unspecified atom stereocenters. The fraction of sp³-hybridized carbons (Fsp3) is 0.317. The summed E-state index contributed by atoms with van der Waals surface area (Å²) < 4.78 is 0. The van der Waals surface area contributed by atoms with Crippen LogP contribution in [0.25, 0.3) is 0 Å². The first-order chi connectivity index (χ1) is 24.9. The molecule has 11 heteroatoms. The number of rotatable bonds is 16. The molecule has 4 rings (SSSR count). The van der Waals surface area contributed by atoms with E-state index in [1.54, 1.807) is 39.6 Å². The summed E-state index contributed by atoms with van der Waals surface area (Å²) in [5.74, 6) is -2.38. The van der Waals surface area contributed by atoms with Gasteiger partial charge in [-0.15, -0.1) is 0 Å². The third-order valence-corrected chi connectivity index (χ3v) is 9.56. The van der Waals surface area contributed by atoms with Crippen LogP contribution in [0, 0.1) is 0 Å². The predicted octanol–water partition coefficient (Wildman–Crippen LogP) is 3.17. The number of nitrogens with two attached hydrogens (primary N) is 1. The summed E-state index contributed by atoms with van der Waals surface area (Å²) in [6, 6.07) is 27.5. The number of hydrogen-bond donors (Lipinski definition) is 1. The molecule has 2 N–H and O–H groups in total. The molecule has 0 saturated carbocycles. The summed E-state index contributed by atoms with van der Waals surface area (Å²) in [7, 11) is 6.18. The monoisotopic (exact) mass is 704 g/mol. The topological polar surface area (TPSA) is 137 Å². The summed E-state index contributed by atoms with van der Waals surface area (Å²) in [6.07, 6.45) is 3.95. The fourth-order valence-electron chi connectivity index (χ4n) is 6.24. The number of carbonyl (C=O) groups is 5. The molecule has 0 bridgehead atoms. The van der Waals surface area contributed by atoms with Gasteiger partial charge in [0.15, 0.2) is 0 Å². The predicted molar refractivity (Wildman–Crippen MR) is 199 cm³/mol. The second kappa shape index (κ2) is 18.4. The molecule has 0 aliphatic carbocycles. The first kappa shape index (κ1) is 39.0. The van der Waals surface area contributed by atoms with E-state index in [-0.39, 0.29) is 31.6 Å². The Morgan fingerprint density at radius 3 is 1.17 bits per heavy atom. The van der Waals surface area contributed by atoms with Gasteiger partial charge in [-0.05, 0) is 28.3 Å². The van der Waals surface area contributed by atoms with Gasteiger partial charge in [0.25, 0.3) is 0 Å². The van der Waals surface area contributed by atoms with Gasteiger partial charge in [0.05, 0.1) is 0 Å². The number of aromatic nitrogens is 1. The Kier molecular flexibility index (Phi) is 13.8. The van der Waals surface area contributed by atoms with E-state index in [1.807, 2.05) is 97.1 Å². The van der Waals surface area contributed by atoms with Crippen LogP contribution in [0.3, 0.4) is 0 Å². The van der Waals surface area contributed by atoms with Crippen LogP contribution < -0.4 is 5.73 Å². The molecule has 1 aromatic heterocycles. The maximum atomic E-state index is 14.8. The first-order valence-corrected chi connectivity index (χ1v) is 17.2. The van der Waals surface area contributed by atoms with Gasteiger partial charge in [0.2, 0.25) is 29.5 Å². The zero-order valence-corrected chi connectivity index (χ0v) is 30.5. The Labute approximate surface area is 306 Å². The average molecular weight is 705 g/mol. The molecule has 0 saturated heterocycles. The summed E-state index contributed by atoms with van der Waals surface area (Å²) in [5, 5.41) is 0. The molecule has 1 heterocycles. The number of nitrogens with zero attached hydrogens (tertiary/aromatic N) is 5. The van der Waals surface area contributed by atoms with Crippen molar-refractivity contribution in [2.45, 2.75) is 56.8 Å². The number of primary amides is 1. The van der Waals surface area contributed by atoms with Gasteiger partial charge in [-0.2, -0.15) is 0 Å². The lowest BCUT2D eigenvalue weighted by atomic mass is 9.97. The van der Waals surface area contributed by atoms with Crippen LogP contribution in [-0.4, -0.2) is 106 Å². The minimum atomic E-state index is -1.05. The SMILES string of the molecule is CC(=O)N(C)[C@@H](Cc1cccnc1)C(=O)N(C)[C@@H](Cc1ccccc1)C(=O)N(C)[C@@H](Cc1ccccc1)C(=O)N(C)[C@@H](Cc1ccccc1)C(N)=O. The minimum absolute atomic E-state index is 0.148. The largest absolute Gasteiger partial charge is 0.368 e. The van der Waals surface area contributed by atoms with Crippen molar-refractivity contribution in [1.29, 1.82) is 0 Å². The molecule has 0 spiro atoms. The number of carbonyl (C=O) groups excluding carboxylic acids is 5. The van der Waals surface area contributed by atoms with Gasteiger partial charge >= 0.3 is 0 Å². The lowest BCUT2D eigenvalue weighted by Crippen LogP contribution is -2.60. The Hall–Kier alpha value is -5.84. The van der Waals surface area contributed by atoms with Crippen LogP contribution in [0.1, 0.15) is 29.2 Å². The third kappa shape index (κ3) is 10.1. The minimum Gasteiger partial charge on any atom is -0.368 e. The fourth-order valence-corrected chi connectivity index (χ4v) is 6.24. The second-order valence-corrected chi connectivity index (χ2v) is 13.1. The van der Waals surface area contributed by atoms with Crippen LogP contribution in [-0.2, 0) is 49.7 Å². The van der Waals surface area contributed by atoms with Gasteiger partial charge in [-0.3, -0.25) is 29.0 Å². The lowest BCUT2D eigenvalue weighted by molar-refractivity contribution is -0.153. The Morgan fingerprint density at radius 1 is 0.500 bits per heavy atom. The molecule has 3 aromatic carbocycles. The molecule has 0 fully saturated rings. The standard InChI is InChI=1S/C41H48N6O5/c1-29(48)44(2)35(27-33-22-15-23-43-28-33)39(50)46(4)37(26-32-20-13-8-14-21-32)41(52)47(5)36(25-31-18-11-7-12-19-31)40(51)45(3)34(38(42)49)24-30-16-9-6-10-17-30/h6-23,28,34-37H,24-27H2,1-5H3,(H2,42,49)/t34-,35-,36-,37-/m0/s1. The van der Waals surface area contributed by atoms with Gasteiger partial charge < -0.3 is 25.3 Å². The highest BCUT2D eigenvalue weighted by molar-refractivity contribution is 5.95. The molecule has 4 atom stereocenters. The quantitative estimate of drug-likeness (QED) is 0.190. The molecule has 0 radical (unpaired) electrons.